The molecule has 0 radical (unpaired) electrons. The van der Waals surface area contributed by atoms with Gasteiger partial charge in [-0.25, -0.2) is 0 Å². The molecule has 3 heteroatoms. The molecule has 1 aliphatic rings. The first-order valence-corrected chi connectivity index (χ1v) is 6.21. The van der Waals surface area contributed by atoms with Crippen molar-refractivity contribution in [3.05, 3.63) is 35.9 Å². The van der Waals surface area contributed by atoms with Crippen molar-refractivity contribution in [2.24, 2.45) is 11.1 Å². The average Bonchev–Trinajstić information content (AvgIpc) is 2.39. The molecule has 0 aliphatic heterocycles. The second-order valence-corrected chi connectivity index (χ2v) is 4.91. The Balaban J connectivity index is 2.30. The molecule has 1 fully saturated rings. The Morgan fingerprint density at radius 2 is 1.76 bits per heavy atom. The van der Waals surface area contributed by atoms with Gasteiger partial charge in [0, 0.05) is 6.04 Å². The predicted octanol–water partition coefficient (Wildman–Crippen LogP) is 2.72. The fraction of sp³-hybridized carbons (Fsp3) is 0.500. The van der Waals surface area contributed by atoms with Crippen LogP contribution in [0.2, 0.25) is 0 Å². The normalized spacial score (nSPS) is 20.8. The molecule has 0 saturated heterocycles. The molecule has 17 heavy (non-hydrogen) atoms. The summed E-state index contributed by atoms with van der Waals surface area (Å²) in [7, 11) is 0. The lowest BCUT2D eigenvalue weighted by Gasteiger charge is -2.38. The smallest absolute Gasteiger partial charge is 0.311 e. The highest BCUT2D eigenvalue weighted by atomic mass is 16.4. The molecule has 1 aliphatic carbocycles. The third kappa shape index (κ3) is 2.20. The van der Waals surface area contributed by atoms with Crippen LogP contribution in [0.4, 0.5) is 0 Å². The first kappa shape index (κ1) is 12.1. The van der Waals surface area contributed by atoms with Gasteiger partial charge in [-0.2, -0.15) is 0 Å². The van der Waals surface area contributed by atoms with Crippen molar-refractivity contribution >= 4 is 5.97 Å². The van der Waals surface area contributed by atoms with Gasteiger partial charge in [-0.05, 0) is 18.4 Å². The largest absolute Gasteiger partial charge is 0.481 e. The van der Waals surface area contributed by atoms with Gasteiger partial charge in [-0.15, -0.1) is 0 Å². The van der Waals surface area contributed by atoms with Crippen molar-refractivity contribution in [3.63, 3.8) is 0 Å². The molecule has 0 heterocycles. The summed E-state index contributed by atoms with van der Waals surface area (Å²) < 4.78 is 0. The molecule has 92 valence electrons. The minimum Gasteiger partial charge on any atom is -0.481 e. The zero-order chi connectivity index (χ0) is 12.3. The van der Waals surface area contributed by atoms with Gasteiger partial charge >= 0.3 is 5.97 Å². The van der Waals surface area contributed by atoms with E-state index in [9.17, 15) is 9.90 Å². The zero-order valence-corrected chi connectivity index (χ0v) is 9.93. The lowest BCUT2D eigenvalue weighted by Crippen LogP contribution is -2.43. The number of rotatable bonds is 3. The molecule has 1 saturated carbocycles. The van der Waals surface area contributed by atoms with Gasteiger partial charge in [0.15, 0.2) is 0 Å². The average molecular weight is 233 g/mol. The minimum absolute atomic E-state index is 0.401. The Kier molecular flexibility index (Phi) is 3.48. The van der Waals surface area contributed by atoms with E-state index in [1.807, 2.05) is 30.3 Å². The van der Waals surface area contributed by atoms with E-state index >= 15 is 0 Å². The van der Waals surface area contributed by atoms with Crippen LogP contribution in [0.5, 0.6) is 0 Å². The van der Waals surface area contributed by atoms with E-state index in [-0.39, 0.29) is 0 Å². The Bertz CT molecular complexity index is 382. The first-order chi connectivity index (χ1) is 8.17. The molecule has 1 atom stereocenters. The van der Waals surface area contributed by atoms with E-state index in [0.717, 1.165) is 24.8 Å². The number of benzene rings is 1. The van der Waals surface area contributed by atoms with Gasteiger partial charge in [-0.3, -0.25) is 4.79 Å². The lowest BCUT2D eigenvalue weighted by atomic mass is 9.67. The van der Waals surface area contributed by atoms with E-state index in [0.29, 0.717) is 12.8 Å². The van der Waals surface area contributed by atoms with Crippen molar-refractivity contribution in [2.75, 3.05) is 0 Å². The summed E-state index contributed by atoms with van der Waals surface area (Å²) in [5, 5.41) is 9.54. The number of carboxylic acids is 1. The van der Waals surface area contributed by atoms with Crippen LogP contribution in [0.25, 0.3) is 0 Å². The summed E-state index contributed by atoms with van der Waals surface area (Å²) >= 11 is 0. The highest BCUT2D eigenvalue weighted by Crippen LogP contribution is 2.45. The van der Waals surface area contributed by atoms with Crippen molar-refractivity contribution in [1.29, 1.82) is 0 Å². The van der Waals surface area contributed by atoms with Crippen LogP contribution >= 0.6 is 0 Å². The summed E-state index contributed by atoms with van der Waals surface area (Å²) in [5.41, 5.74) is 6.39. The van der Waals surface area contributed by atoms with Crippen LogP contribution in [0.3, 0.4) is 0 Å². The van der Waals surface area contributed by atoms with Crippen molar-refractivity contribution < 1.29 is 9.90 Å². The highest BCUT2D eigenvalue weighted by Gasteiger charge is 2.45. The molecule has 3 N–H and O–H groups in total. The third-order valence-electron chi connectivity index (χ3n) is 3.93. The monoisotopic (exact) mass is 233 g/mol. The van der Waals surface area contributed by atoms with Gasteiger partial charge in [-0.1, -0.05) is 49.6 Å². The molecular weight excluding hydrogens is 214 g/mol. The molecule has 0 bridgehead atoms. The SMILES string of the molecule is NC(c1ccccc1)C1(C(=O)O)CCCCC1. The summed E-state index contributed by atoms with van der Waals surface area (Å²) in [4.78, 5) is 11.6. The van der Waals surface area contributed by atoms with Crippen LogP contribution in [0.15, 0.2) is 30.3 Å². The van der Waals surface area contributed by atoms with Gasteiger partial charge in [0.05, 0.1) is 5.41 Å². The number of carbonyl (C=O) groups is 1. The van der Waals surface area contributed by atoms with Gasteiger partial charge in [0.25, 0.3) is 0 Å². The molecule has 1 unspecified atom stereocenters. The summed E-state index contributed by atoms with van der Waals surface area (Å²) in [6.07, 6.45) is 4.44. The maximum atomic E-state index is 11.6. The molecule has 0 spiro atoms. The summed E-state index contributed by atoms with van der Waals surface area (Å²) in [5.74, 6) is -0.742. The number of nitrogens with two attached hydrogens (primary N) is 1. The highest BCUT2D eigenvalue weighted by molar-refractivity contribution is 5.76. The minimum atomic E-state index is -0.764. The van der Waals surface area contributed by atoms with E-state index in [1.54, 1.807) is 0 Å². The Hall–Kier alpha value is -1.35. The maximum absolute atomic E-state index is 11.6. The number of hydrogen-bond donors (Lipinski definition) is 2. The van der Waals surface area contributed by atoms with Crippen LogP contribution in [0, 0.1) is 5.41 Å². The maximum Gasteiger partial charge on any atom is 0.311 e. The fourth-order valence-corrected chi connectivity index (χ4v) is 2.82. The number of carboxylic acid groups (broad SMARTS) is 1. The molecular formula is C14H19NO2. The number of hydrogen-bond acceptors (Lipinski definition) is 2. The Morgan fingerprint density at radius 3 is 2.29 bits per heavy atom. The number of aliphatic carboxylic acids is 1. The van der Waals surface area contributed by atoms with Gasteiger partial charge in [0.1, 0.15) is 0 Å². The van der Waals surface area contributed by atoms with E-state index < -0.39 is 17.4 Å². The standard InChI is InChI=1S/C14H19NO2/c15-12(11-7-3-1-4-8-11)14(13(16)17)9-5-2-6-10-14/h1,3-4,7-8,12H,2,5-6,9-10,15H2,(H,16,17). The molecule has 1 aromatic rings. The van der Waals surface area contributed by atoms with Gasteiger partial charge in [0.2, 0.25) is 0 Å². The molecule has 3 nitrogen and oxygen atoms in total. The second-order valence-electron chi connectivity index (χ2n) is 4.91. The topological polar surface area (TPSA) is 63.3 Å². The van der Waals surface area contributed by atoms with Crippen molar-refractivity contribution in [3.8, 4) is 0 Å². The Labute approximate surface area is 102 Å². The van der Waals surface area contributed by atoms with E-state index in [2.05, 4.69) is 0 Å². The second kappa shape index (κ2) is 4.88. The molecule has 1 aromatic carbocycles. The predicted molar refractivity (Wildman–Crippen MR) is 66.5 cm³/mol. The van der Waals surface area contributed by atoms with Crippen LogP contribution < -0.4 is 5.73 Å². The first-order valence-electron chi connectivity index (χ1n) is 6.21. The van der Waals surface area contributed by atoms with Crippen molar-refractivity contribution in [1.82, 2.24) is 0 Å². The molecule has 2 rings (SSSR count). The quantitative estimate of drug-likeness (QED) is 0.843. The van der Waals surface area contributed by atoms with E-state index in [1.165, 1.54) is 0 Å². The zero-order valence-electron chi connectivity index (χ0n) is 9.93. The van der Waals surface area contributed by atoms with E-state index in [4.69, 9.17) is 5.73 Å². The van der Waals surface area contributed by atoms with Crippen LogP contribution in [0.1, 0.15) is 43.7 Å². The van der Waals surface area contributed by atoms with Crippen LogP contribution in [-0.4, -0.2) is 11.1 Å². The van der Waals surface area contributed by atoms with Crippen LogP contribution in [-0.2, 0) is 4.79 Å². The summed E-state index contributed by atoms with van der Waals surface area (Å²) in [6.45, 7) is 0. The fourth-order valence-electron chi connectivity index (χ4n) is 2.82. The molecule has 0 amide bonds. The molecule has 0 aromatic heterocycles. The lowest BCUT2D eigenvalue weighted by molar-refractivity contribution is -0.152. The third-order valence-corrected chi connectivity index (χ3v) is 3.93. The summed E-state index contributed by atoms with van der Waals surface area (Å²) in [6, 6.07) is 9.18. The van der Waals surface area contributed by atoms with Crippen molar-refractivity contribution in [2.45, 2.75) is 38.1 Å². The Morgan fingerprint density at radius 1 is 1.18 bits per heavy atom. The van der Waals surface area contributed by atoms with Gasteiger partial charge < -0.3 is 10.8 Å².